The van der Waals surface area contributed by atoms with Crippen LogP contribution in [-0.2, 0) is 14.8 Å². The lowest BCUT2D eigenvalue weighted by Gasteiger charge is -2.27. The van der Waals surface area contributed by atoms with Gasteiger partial charge in [0.25, 0.3) is 5.91 Å². The molecular weight excluding hydrogens is 340 g/mol. The maximum Gasteiger partial charge on any atom is 0.255 e. The lowest BCUT2D eigenvalue weighted by atomic mass is 10.2. The minimum absolute atomic E-state index is 0.0854. The largest absolute Gasteiger partial charge is 0.378 e. The van der Waals surface area contributed by atoms with Crippen LogP contribution in [-0.4, -0.2) is 62.9 Å². The molecule has 0 unspecified atom stereocenters. The topological polar surface area (TPSA) is 66.9 Å². The van der Waals surface area contributed by atoms with Crippen LogP contribution in [0.5, 0.6) is 0 Å². The summed E-state index contributed by atoms with van der Waals surface area (Å²) >= 11 is 6.12. The van der Waals surface area contributed by atoms with E-state index in [1.165, 1.54) is 22.5 Å². The minimum Gasteiger partial charge on any atom is -0.378 e. The van der Waals surface area contributed by atoms with Crippen molar-refractivity contribution in [3.8, 4) is 0 Å². The Balaban J connectivity index is 2.37. The summed E-state index contributed by atoms with van der Waals surface area (Å²) in [5, 5.41) is 0.250. The molecule has 1 aromatic rings. The van der Waals surface area contributed by atoms with Crippen LogP contribution >= 0.6 is 11.6 Å². The van der Waals surface area contributed by atoms with E-state index in [0.717, 1.165) is 0 Å². The predicted molar refractivity (Wildman–Crippen MR) is 88.3 cm³/mol. The molecule has 1 aromatic carbocycles. The summed E-state index contributed by atoms with van der Waals surface area (Å²) in [5.41, 5.74) is 0.210. The monoisotopic (exact) mass is 360 g/mol. The van der Waals surface area contributed by atoms with Crippen molar-refractivity contribution in [2.45, 2.75) is 18.7 Å². The van der Waals surface area contributed by atoms with Gasteiger partial charge in [0.05, 0.1) is 28.7 Å². The van der Waals surface area contributed by atoms with Crippen molar-refractivity contribution < 1.29 is 17.9 Å². The summed E-state index contributed by atoms with van der Waals surface area (Å²) < 4.78 is 31.8. The summed E-state index contributed by atoms with van der Waals surface area (Å²) in [5.74, 6) is -0.269. The Morgan fingerprint density at radius 1 is 1.26 bits per heavy atom. The number of rotatable bonds is 5. The normalized spacial score (nSPS) is 15.9. The van der Waals surface area contributed by atoms with Crippen LogP contribution in [0.25, 0.3) is 0 Å². The quantitative estimate of drug-likeness (QED) is 0.803. The maximum absolute atomic E-state index is 12.6. The van der Waals surface area contributed by atoms with Gasteiger partial charge in [0.15, 0.2) is 0 Å². The molecule has 0 bridgehead atoms. The van der Waals surface area contributed by atoms with Gasteiger partial charge in [-0.1, -0.05) is 25.4 Å². The fraction of sp³-hybridized carbons (Fsp3) is 0.533. The first-order valence-corrected chi connectivity index (χ1v) is 9.40. The third-order valence-electron chi connectivity index (χ3n) is 3.81. The molecule has 1 amide bonds. The number of benzene rings is 1. The number of ether oxygens (including phenoxy) is 1. The average Bonchev–Trinajstić information content (AvgIpc) is 2.56. The zero-order valence-corrected chi connectivity index (χ0v) is 14.9. The van der Waals surface area contributed by atoms with E-state index >= 15 is 0 Å². The van der Waals surface area contributed by atoms with Gasteiger partial charge < -0.3 is 9.64 Å². The molecular formula is C15H21ClN2O4S. The Labute approximate surface area is 142 Å². The molecule has 0 aromatic heterocycles. The summed E-state index contributed by atoms with van der Waals surface area (Å²) in [6.45, 7) is 6.18. The number of nitrogens with zero attached hydrogens (tertiary/aromatic N) is 2. The zero-order valence-electron chi connectivity index (χ0n) is 13.3. The molecule has 6 nitrogen and oxygen atoms in total. The Morgan fingerprint density at radius 2 is 1.87 bits per heavy atom. The SMILES string of the molecule is CCN(CC)S(=O)(=O)c1ccc(Cl)c(C(=O)N2CCOCC2)c1. The summed E-state index contributed by atoms with van der Waals surface area (Å²) in [7, 11) is -3.63. The lowest BCUT2D eigenvalue weighted by Crippen LogP contribution is -2.41. The van der Waals surface area contributed by atoms with Gasteiger partial charge in [0.2, 0.25) is 10.0 Å². The number of sulfonamides is 1. The van der Waals surface area contributed by atoms with Gasteiger partial charge in [0, 0.05) is 26.2 Å². The highest BCUT2D eigenvalue weighted by molar-refractivity contribution is 7.89. The van der Waals surface area contributed by atoms with Crippen molar-refractivity contribution in [2.75, 3.05) is 39.4 Å². The number of hydrogen-bond donors (Lipinski definition) is 0. The van der Waals surface area contributed by atoms with E-state index in [1.807, 2.05) is 0 Å². The van der Waals surface area contributed by atoms with Crippen molar-refractivity contribution in [3.63, 3.8) is 0 Å². The van der Waals surface area contributed by atoms with Gasteiger partial charge in [-0.15, -0.1) is 0 Å². The van der Waals surface area contributed by atoms with Crippen LogP contribution in [0, 0.1) is 0 Å². The number of amides is 1. The zero-order chi connectivity index (χ0) is 17.0. The van der Waals surface area contributed by atoms with E-state index in [1.54, 1.807) is 18.7 Å². The molecule has 0 atom stereocenters. The average molecular weight is 361 g/mol. The van der Waals surface area contributed by atoms with Crippen molar-refractivity contribution in [1.29, 1.82) is 0 Å². The second kappa shape index (κ2) is 7.61. The number of halogens is 1. The molecule has 1 aliphatic heterocycles. The van der Waals surface area contributed by atoms with E-state index in [9.17, 15) is 13.2 Å². The maximum atomic E-state index is 12.6. The van der Waals surface area contributed by atoms with Crippen molar-refractivity contribution in [1.82, 2.24) is 9.21 Å². The molecule has 1 fully saturated rings. The summed E-state index contributed by atoms with van der Waals surface area (Å²) in [4.78, 5) is 14.3. The van der Waals surface area contributed by atoms with E-state index in [2.05, 4.69) is 0 Å². The number of carbonyl (C=O) groups is 1. The van der Waals surface area contributed by atoms with Gasteiger partial charge in [-0.2, -0.15) is 4.31 Å². The van der Waals surface area contributed by atoms with Crippen LogP contribution in [0.4, 0.5) is 0 Å². The van der Waals surface area contributed by atoms with Crippen molar-refractivity contribution in [3.05, 3.63) is 28.8 Å². The first kappa shape index (κ1) is 18.2. The lowest BCUT2D eigenvalue weighted by molar-refractivity contribution is 0.0303. The van der Waals surface area contributed by atoms with Gasteiger partial charge in [0.1, 0.15) is 0 Å². The van der Waals surface area contributed by atoms with E-state index in [4.69, 9.17) is 16.3 Å². The van der Waals surface area contributed by atoms with Gasteiger partial charge in [-0.05, 0) is 18.2 Å². The highest BCUT2D eigenvalue weighted by atomic mass is 35.5. The van der Waals surface area contributed by atoms with Crippen LogP contribution in [0.1, 0.15) is 24.2 Å². The number of carbonyl (C=O) groups excluding carboxylic acids is 1. The second-order valence-corrected chi connectivity index (χ2v) is 7.48. The first-order chi connectivity index (χ1) is 10.9. The third kappa shape index (κ3) is 3.85. The molecule has 0 N–H and O–H groups in total. The first-order valence-electron chi connectivity index (χ1n) is 7.58. The number of hydrogen-bond acceptors (Lipinski definition) is 4. The van der Waals surface area contributed by atoms with E-state index < -0.39 is 10.0 Å². The number of morpholine rings is 1. The molecule has 2 rings (SSSR count). The Kier molecular flexibility index (Phi) is 6.02. The molecule has 0 aliphatic carbocycles. The minimum atomic E-state index is -3.63. The van der Waals surface area contributed by atoms with Gasteiger partial charge in [-0.3, -0.25) is 4.79 Å². The molecule has 0 spiro atoms. The Morgan fingerprint density at radius 3 is 2.43 bits per heavy atom. The second-order valence-electron chi connectivity index (χ2n) is 5.14. The van der Waals surface area contributed by atoms with Crippen molar-refractivity contribution in [2.24, 2.45) is 0 Å². The molecule has 1 saturated heterocycles. The fourth-order valence-electron chi connectivity index (χ4n) is 2.48. The Hall–Kier alpha value is -1.15. The molecule has 128 valence electrons. The summed E-state index contributed by atoms with van der Waals surface area (Å²) in [6.07, 6.45) is 0. The van der Waals surface area contributed by atoms with Crippen molar-refractivity contribution >= 4 is 27.5 Å². The fourth-order valence-corrected chi connectivity index (χ4v) is 4.16. The van der Waals surface area contributed by atoms with Crippen LogP contribution < -0.4 is 0 Å². The molecule has 1 aliphatic rings. The van der Waals surface area contributed by atoms with E-state index in [0.29, 0.717) is 39.4 Å². The predicted octanol–water partition coefficient (Wildman–Crippen LogP) is 1.84. The van der Waals surface area contributed by atoms with Gasteiger partial charge in [-0.25, -0.2) is 8.42 Å². The molecule has 1 heterocycles. The van der Waals surface area contributed by atoms with Gasteiger partial charge >= 0.3 is 0 Å². The highest BCUT2D eigenvalue weighted by Crippen LogP contribution is 2.24. The highest BCUT2D eigenvalue weighted by Gasteiger charge is 2.26. The third-order valence-corrected chi connectivity index (χ3v) is 6.19. The van der Waals surface area contributed by atoms with Crippen LogP contribution in [0.15, 0.2) is 23.1 Å². The molecule has 0 radical (unpaired) electrons. The smallest absolute Gasteiger partial charge is 0.255 e. The molecule has 8 heteroatoms. The standard InChI is InChI=1S/C15H21ClN2O4S/c1-3-18(4-2)23(20,21)12-5-6-14(16)13(11-12)15(19)17-7-9-22-10-8-17/h5-6,11H,3-4,7-10H2,1-2H3. The Bertz CT molecular complexity index is 668. The van der Waals surface area contributed by atoms with Crippen LogP contribution in [0.2, 0.25) is 5.02 Å². The molecule has 0 saturated carbocycles. The summed E-state index contributed by atoms with van der Waals surface area (Å²) in [6, 6.07) is 4.27. The van der Waals surface area contributed by atoms with Crippen LogP contribution in [0.3, 0.4) is 0 Å². The molecule has 23 heavy (non-hydrogen) atoms. The van der Waals surface area contributed by atoms with E-state index in [-0.39, 0.29) is 21.4 Å².